The zero-order valence-corrected chi connectivity index (χ0v) is 14.6. The fourth-order valence-corrected chi connectivity index (χ4v) is 3.52. The number of carbonyl (C=O) groups excluding carboxylic acids is 1. The minimum atomic E-state index is 0.104. The number of likely N-dealkylation sites (N-methyl/N-ethyl adjacent to an activating group) is 1. The van der Waals surface area contributed by atoms with Gasteiger partial charge in [0.15, 0.2) is 0 Å². The number of nitrogens with one attached hydrogen (secondary N) is 1. The fraction of sp³-hybridized carbons (Fsp3) is 0.381. The first kappa shape index (κ1) is 16.7. The summed E-state index contributed by atoms with van der Waals surface area (Å²) in [6.07, 6.45) is 3.29. The van der Waals surface area contributed by atoms with Gasteiger partial charge in [-0.25, -0.2) is 0 Å². The molecule has 0 bridgehead atoms. The monoisotopic (exact) mass is 322 g/mol. The molecule has 0 aromatic heterocycles. The molecule has 0 heterocycles. The minimum absolute atomic E-state index is 0.104. The largest absolute Gasteiger partial charge is 0.348 e. The lowest BCUT2D eigenvalue weighted by atomic mass is 9.88. The van der Waals surface area contributed by atoms with E-state index in [4.69, 9.17) is 0 Å². The molecule has 1 atom stereocenters. The first-order valence-corrected chi connectivity index (χ1v) is 8.73. The molecule has 0 radical (unpaired) electrons. The van der Waals surface area contributed by atoms with Gasteiger partial charge in [0, 0.05) is 6.54 Å². The third-order valence-electron chi connectivity index (χ3n) is 4.82. The van der Waals surface area contributed by atoms with E-state index >= 15 is 0 Å². The Labute approximate surface area is 144 Å². The van der Waals surface area contributed by atoms with Crippen LogP contribution in [0.3, 0.4) is 0 Å². The number of nitrogens with zero attached hydrogens (tertiary/aromatic N) is 1. The van der Waals surface area contributed by atoms with Gasteiger partial charge in [0.25, 0.3) is 0 Å². The molecule has 3 rings (SSSR count). The van der Waals surface area contributed by atoms with E-state index in [1.807, 2.05) is 13.1 Å². The molecular formula is C21H26N2O. The van der Waals surface area contributed by atoms with Crippen LogP contribution >= 0.6 is 0 Å². The Bertz CT molecular complexity index is 710. The van der Waals surface area contributed by atoms with Crippen LogP contribution in [0, 0.1) is 6.92 Å². The highest BCUT2D eigenvalue weighted by atomic mass is 16.2. The van der Waals surface area contributed by atoms with Crippen molar-refractivity contribution < 1.29 is 4.79 Å². The molecule has 0 saturated carbocycles. The van der Waals surface area contributed by atoms with Crippen LogP contribution in [0.5, 0.6) is 0 Å². The predicted molar refractivity (Wildman–Crippen MR) is 97.8 cm³/mol. The Morgan fingerprint density at radius 3 is 2.75 bits per heavy atom. The first-order valence-electron chi connectivity index (χ1n) is 8.73. The van der Waals surface area contributed by atoms with Crippen molar-refractivity contribution in [2.75, 3.05) is 13.6 Å². The number of hydrogen-bond acceptors (Lipinski definition) is 2. The van der Waals surface area contributed by atoms with Crippen molar-refractivity contribution in [1.29, 1.82) is 0 Å². The van der Waals surface area contributed by atoms with Crippen LogP contribution in [0.15, 0.2) is 48.5 Å². The Morgan fingerprint density at radius 1 is 1.17 bits per heavy atom. The average molecular weight is 322 g/mol. The molecule has 3 nitrogen and oxygen atoms in total. The molecule has 0 fully saturated rings. The average Bonchev–Trinajstić information content (AvgIpc) is 2.57. The maximum atomic E-state index is 12.5. The summed E-state index contributed by atoms with van der Waals surface area (Å²) in [7, 11) is 2.00. The standard InChI is InChI=1S/C21H26N2O/c1-16-8-3-4-10-18(16)14-23(2)15-21(24)22-20-13-7-11-17-9-5-6-12-19(17)20/h3-6,8-10,12,20H,7,11,13-15H2,1-2H3,(H,22,24)/t20-/m0/s1. The Balaban J connectivity index is 1.57. The highest BCUT2D eigenvalue weighted by molar-refractivity contribution is 5.78. The summed E-state index contributed by atoms with van der Waals surface area (Å²) in [6, 6.07) is 17.0. The zero-order chi connectivity index (χ0) is 16.9. The number of amides is 1. The van der Waals surface area contributed by atoms with Crippen molar-refractivity contribution in [3.8, 4) is 0 Å². The molecule has 2 aromatic carbocycles. The van der Waals surface area contributed by atoms with Crippen LogP contribution in [0.25, 0.3) is 0 Å². The van der Waals surface area contributed by atoms with Gasteiger partial charge in [0.05, 0.1) is 12.6 Å². The van der Waals surface area contributed by atoms with Gasteiger partial charge in [0.2, 0.25) is 5.91 Å². The highest BCUT2D eigenvalue weighted by Crippen LogP contribution is 2.29. The van der Waals surface area contributed by atoms with E-state index in [1.165, 1.54) is 22.3 Å². The highest BCUT2D eigenvalue weighted by Gasteiger charge is 2.21. The van der Waals surface area contributed by atoms with Crippen molar-refractivity contribution in [1.82, 2.24) is 10.2 Å². The third kappa shape index (κ3) is 4.04. The van der Waals surface area contributed by atoms with Crippen LogP contribution in [0.4, 0.5) is 0 Å². The second-order valence-electron chi connectivity index (χ2n) is 6.81. The molecule has 1 N–H and O–H groups in total. The molecule has 1 aliphatic carbocycles. The molecule has 3 heteroatoms. The lowest BCUT2D eigenvalue weighted by Gasteiger charge is -2.27. The third-order valence-corrected chi connectivity index (χ3v) is 4.82. The van der Waals surface area contributed by atoms with Crippen molar-refractivity contribution in [2.24, 2.45) is 0 Å². The second kappa shape index (κ2) is 7.63. The van der Waals surface area contributed by atoms with Crippen molar-refractivity contribution >= 4 is 5.91 Å². The van der Waals surface area contributed by atoms with Gasteiger partial charge < -0.3 is 5.32 Å². The summed E-state index contributed by atoms with van der Waals surface area (Å²) >= 11 is 0. The van der Waals surface area contributed by atoms with Crippen molar-refractivity contribution in [3.05, 3.63) is 70.8 Å². The zero-order valence-electron chi connectivity index (χ0n) is 14.6. The van der Waals surface area contributed by atoms with E-state index in [1.54, 1.807) is 0 Å². The first-order chi connectivity index (χ1) is 11.6. The lowest BCUT2D eigenvalue weighted by molar-refractivity contribution is -0.122. The molecule has 0 saturated heterocycles. The Kier molecular flexibility index (Phi) is 5.31. The van der Waals surface area contributed by atoms with E-state index < -0.39 is 0 Å². The molecule has 2 aromatic rings. The van der Waals surface area contributed by atoms with Gasteiger partial charge in [0.1, 0.15) is 0 Å². The Morgan fingerprint density at radius 2 is 1.92 bits per heavy atom. The molecule has 0 aliphatic heterocycles. The molecule has 0 unspecified atom stereocenters. The number of benzene rings is 2. The van der Waals surface area contributed by atoms with Crippen LogP contribution < -0.4 is 5.32 Å². The summed E-state index contributed by atoms with van der Waals surface area (Å²) in [6.45, 7) is 3.33. The van der Waals surface area contributed by atoms with Crippen molar-refractivity contribution in [2.45, 2.75) is 38.8 Å². The van der Waals surface area contributed by atoms with E-state index in [0.29, 0.717) is 6.54 Å². The maximum Gasteiger partial charge on any atom is 0.234 e. The summed E-state index contributed by atoms with van der Waals surface area (Å²) < 4.78 is 0. The van der Waals surface area contributed by atoms with Gasteiger partial charge in [-0.05, 0) is 55.5 Å². The smallest absolute Gasteiger partial charge is 0.234 e. The number of carbonyl (C=O) groups is 1. The summed E-state index contributed by atoms with van der Waals surface area (Å²) in [5.41, 5.74) is 5.21. The Hall–Kier alpha value is -2.13. The molecule has 1 aliphatic rings. The molecule has 0 spiro atoms. The maximum absolute atomic E-state index is 12.5. The van der Waals surface area contributed by atoms with E-state index in [-0.39, 0.29) is 11.9 Å². The summed E-state index contributed by atoms with van der Waals surface area (Å²) in [4.78, 5) is 14.5. The molecule has 24 heavy (non-hydrogen) atoms. The second-order valence-corrected chi connectivity index (χ2v) is 6.81. The number of aryl methyl sites for hydroxylation is 2. The number of rotatable bonds is 5. The lowest BCUT2D eigenvalue weighted by Crippen LogP contribution is -2.38. The summed E-state index contributed by atoms with van der Waals surface area (Å²) in [5, 5.41) is 3.23. The fourth-order valence-electron chi connectivity index (χ4n) is 3.52. The normalized spacial score (nSPS) is 16.7. The van der Waals surface area contributed by atoms with Crippen LogP contribution in [-0.4, -0.2) is 24.4 Å². The summed E-state index contributed by atoms with van der Waals surface area (Å²) in [5.74, 6) is 0.104. The predicted octanol–water partition coefficient (Wildman–Crippen LogP) is 3.62. The quantitative estimate of drug-likeness (QED) is 0.912. The molecule has 126 valence electrons. The van der Waals surface area contributed by atoms with Gasteiger partial charge in [-0.1, -0.05) is 48.5 Å². The van der Waals surface area contributed by atoms with Crippen LogP contribution in [0.1, 0.15) is 41.1 Å². The number of fused-ring (bicyclic) bond motifs is 1. The van der Waals surface area contributed by atoms with Crippen LogP contribution in [-0.2, 0) is 17.8 Å². The molecule has 1 amide bonds. The van der Waals surface area contributed by atoms with Gasteiger partial charge in [-0.3, -0.25) is 9.69 Å². The number of hydrogen-bond donors (Lipinski definition) is 1. The van der Waals surface area contributed by atoms with Gasteiger partial charge >= 0.3 is 0 Å². The van der Waals surface area contributed by atoms with E-state index in [9.17, 15) is 4.79 Å². The SMILES string of the molecule is Cc1ccccc1CN(C)CC(=O)N[C@H]1CCCc2ccccc21. The van der Waals surface area contributed by atoms with E-state index in [0.717, 1.165) is 25.8 Å². The van der Waals surface area contributed by atoms with Crippen molar-refractivity contribution in [3.63, 3.8) is 0 Å². The topological polar surface area (TPSA) is 32.3 Å². The van der Waals surface area contributed by atoms with Crippen LogP contribution in [0.2, 0.25) is 0 Å². The minimum Gasteiger partial charge on any atom is -0.348 e. The van der Waals surface area contributed by atoms with Gasteiger partial charge in [-0.2, -0.15) is 0 Å². The van der Waals surface area contributed by atoms with E-state index in [2.05, 4.69) is 59.6 Å². The molecular weight excluding hydrogens is 296 g/mol. The van der Waals surface area contributed by atoms with Gasteiger partial charge in [-0.15, -0.1) is 0 Å².